The maximum atomic E-state index is 13.1. The number of esters is 1. The quantitative estimate of drug-likeness (QED) is 0.0327. The molecule has 3 N–H and O–H groups in total. The van der Waals surface area contributed by atoms with Gasteiger partial charge in [-0.15, -0.1) is 0 Å². The average molecular weight is 762 g/mol. The molecule has 0 saturated carbocycles. The summed E-state index contributed by atoms with van der Waals surface area (Å²) < 4.78 is 5.89. The summed E-state index contributed by atoms with van der Waals surface area (Å²) in [5, 5.41) is 23.6. The van der Waals surface area contributed by atoms with Crippen LogP contribution in [0.3, 0.4) is 0 Å². The molecule has 0 aromatic carbocycles. The van der Waals surface area contributed by atoms with Crippen LogP contribution >= 0.6 is 0 Å². The molecule has 0 aliphatic carbocycles. The molecule has 0 rings (SSSR count). The van der Waals surface area contributed by atoms with Gasteiger partial charge in [-0.05, 0) is 51.4 Å². The van der Waals surface area contributed by atoms with E-state index < -0.39 is 18.2 Å². The summed E-state index contributed by atoms with van der Waals surface area (Å²) in [4.78, 5) is 25.9. The van der Waals surface area contributed by atoms with Gasteiger partial charge in [-0.1, -0.05) is 206 Å². The van der Waals surface area contributed by atoms with Crippen LogP contribution in [-0.4, -0.2) is 46.9 Å². The Hall–Kier alpha value is -1.66. The molecular formula is C48H91NO5. The van der Waals surface area contributed by atoms with Crippen molar-refractivity contribution in [1.82, 2.24) is 5.32 Å². The van der Waals surface area contributed by atoms with Crippen LogP contribution in [0.15, 0.2) is 24.3 Å². The normalized spacial score (nSPS) is 13.5. The maximum absolute atomic E-state index is 13.1. The van der Waals surface area contributed by atoms with Crippen LogP contribution in [0.1, 0.15) is 245 Å². The maximum Gasteiger partial charge on any atom is 0.306 e. The lowest BCUT2D eigenvalue weighted by molar-refractivity contribution is -0.151. The van der Waals surface area contributed by atoms with Crippen molar-refractivity contribution in [2.45, 2.75) is 264 Å². The average Bonchev–Trinajstić information content (AvgIpc) is 3.16. The second kappa shape index (κ2) is 42.5. The summed E-state index contributed by atoms with van der Waals surface area (Å²) in [5.74, 6) is -0.499. The molecule has 0 spiro atoms. The number of rotatable bonds is 42. The fourth-order valence-corrected chi connectivity index (χ4v) is 7.19. The zero-order chi connectivity index (χ0) is 39.6. The van der Waals surface area contributed by atoms with Crippen LogP contribution in [0.25, 0.3) is 0 Å². The van der Waals surface area contributed by atoms with Gasteiger partial charge < -0.3 is 20.3 Å². The zero-order valence-corrected chi connectivity index (χ0v) is 36.1. The summed E-state index contributed by atoms with van der Waals surface area (Å²) in [6.07, 6.45) is 46.7. The monoisotopic (exact) mass is 762 g/mol. The van der Waals surface area contributed by atoms with Gasteiger partial charge in [0.2, 0.25) is 5.91 Å². The number of allylic oxidation sites excluding steroid dienone is 4. The smallest absolute Gasteiger partial charge is 0.306 e. The second-order valence-corrected chi connectivity index (χ2v) is 16.2. The van der Waals surface area contributed by atoms with Crippen molar-refractivity contribution < 1.29 is 24.5 Å². The Morgan fingerprint density at radius 2 is 0.926 bits per heavy atom. The van der Waals surface area contributed by atoms with Crippen molar-refractivity contribution in [3.05, 3.63) is 24.3 Å². The number of amides is 1. The SMILES string of the molecule is CCCCCCCCC/C=C/C=C/CCCCCC(=O)OC(CCCCCCCCCCCC)CC(=O)NC(CO)C(O)CCCCCCCCCCC. The lowest BCUT2D eigenvalue weighted by Gasteiger charge is -2.24. The predicted octanol–water partition coefficient (Wildman–Crippen LogP) is 13.6. The molecule has 1 amide bonds. The highest BCUT2D eigenvalue weighted by Gasteiger charge is 2.24. The molecule has 318 valence electrons. The first-order valence-corrected chi connectivity index (χ1v) is 23.6. The van der Waals surface area contributed by atoms with Gasteiger partial charge in [-0.3, -0.25) is 9.59 Å². The largest absolute Gasteiger partial charge is 0.462 e. The van der Waals surface area contributed by atoms with Crippen LogP contribution in [0.2, 0.25) is 0 Å². The van der Waals surface area contributed by atoms with Crippen molar-refractivity contribution in [2.75, 3.05) is 6.61 Å². The van der Waals surface area contributed by atoms with Crippen molar-refractivity contribution in [2.24, 2.45) is 0 Å². The topological polar surface area (TPSA) is 95.9 Å². The lowest BCUT2D eigenvalue weighted by atomic mass is 10.0. The summed E-state index contributed by atoms with van der Waals surface area (Å²) in [7, 11) is 0. The third-order valence-electron chi connectivity index (χ3n) is 10.8. The fourth-order valence-electron chi connectivity index (χ4n) is 7.19. The number of nitrogens with one attached hydrogen (secondary N) is 1. The first-order chi connectivity index (χ1) is 26.5. The highest BCUT2D eigenvalue weighted by atomic mass is 16.5. The zero-order valence-electron chi connectivity index (χ0n) is 36.1. The van der Waals surface area contributed by atoms with Crippen molar-refractivity contribution in [3.8, 4) is 0 Å². The molecule has 0 heterocycles. The first-order valence-electron chi connectivity index (χ1n) is 23.6. The molecule has 0 aliphatic heterocycles. The molecule has 0 aromatic heterocycles. The molecule has 0 saturated heterocycles. The third kappa shape index (κ3) is 37.3. The van der Waals surface area contributed by atoms with Gasteiger partial charge in [-0.2, -0.15) is 0 Å². The summed E-state index contributed by atoms with van der Waals surface area (Å²) in [6.45, 7) is 6.44. The molecule has 3 atom stereocenters. The number of hydrogen-bond acceptors (Lipinski definition) is 5. The van der Waals surface area contributed by atoms with Crippen molar-refractivity contribution >= 4 is 11.9 Å². The Labute approximate surface area is 335 Å². The number of unbranched alkanes of at least 4 members (excludes halogenated alkanes) is 27. The molecule has 3 unspecified atom stereocenters. The first kappa shape index (κ1) is 52.3. The van der Waals surface area contributed by atoms with E-state index in [4.69, 9.17) is 4.74 Å². The minimum absolute atomic E-state index is 0.0711. The van der Waals surface area contributed by atoms with E-state index in [1.165, 1.54) is 135 Å². The van der Waals surface area contributed by atoms with Gasteiger partial charge in [0.1, 0.15) is 6.10 Å². The van der Waals surface area contributed by atoms with E-state index in [2.05, 4.69) is 50.4 Å². The molecule has 0 aliphatic rings. The van der Waals surface area contributed by atoms with E-state index in [1.807, 2.05) is 0 Å². The number of hydrogen-bond donors (Lipinski definition) is 3. The Morgan fingerprint density at radius 1 is 0.537 bits per heavy atom. The molecule has 0 aromatic rings. The summed E-state index contributed by atoms with van der Waals surface area (Å²) in [5.41, 5.74) is 0. The molecule has 0 bridgehead atoms. The van der Waals surface area contributed by atoms with E-state index in [0.29, 0.717) is 19.3 Å². The van der Waals surface area contributed by atoms with Gasteiger partial charge in [0.25, 0.3) is 0 Å². The predicted molar refractivity (Wildman–Crippen MR) is 232 cm³/mol. The van der Waals surface area contributed by atoms with Gasteiger partial charge in [0.05, 0.1) is 25.2 Å². The highest BCUT2D eigenvalue weighted by molar-refractivity contribution is 5.77. The summed E-state index contributed by atoms with van der Waals surface area (Å²) >= 11 is 0. The number of carbonyl (C=O) groups is 2. The third-order valence-corrected chi connectivity index (χ3v) is 10.8. The van der Waals surface area contributed by atoms with Crippen molar-refractivity contribution in [3.63, 3.8) is 0 Å². The van der Waals surface area contributed by atoms with Crippen LogP contribution in [-0.2, 0) is 14.3 Å². The molecule has 6 heteroatoms. The van der Waals surface area contributed by atoms with E-state index in [9.17, 15) is 19.8 Å². The van der Waals surface area contributed by atoms with E-state index >= 15 is 0 Å². The van der Waals surface area contributed by atoms with Gasteiger partial charge >= 0.3 is 5.97 Å². The molecular weight excluding hydrogens is 671 g/mol. The minimum Gasteiger partial charge on any atom is -0.462 e. The second-order valence-electron chi connectivity index (χ2n) is 16.2. The number of carbonyl (C=O) groups excluding carboxylic acids is 2. The highest BCUT2D eigenvalue weighted by Crippen LogP contribution is 2.17. The van der Waals surface area contributed by atoms with E-state index in [-0.39, 0.29) is 24.9 Å². The summed E-state index contributed by atoms with van der Waals surface area (Å²) in [6, 6.07) is -0.699. The Kier molecular flexibility index (Phi) is 41.2. The Morgan fingerprint density at radius 3 is 1.37 bits per heavy atom. The lowest BCUT2D eigenvalue weighted by Crippen LogP contribution is -2.46. The Balaban J connectivity index is 4.56. The van der Waals surface area contributed by atoms with Gasteiger partial charge in [0.15, 0.2) is 0 Å². The van der Waals surface area contributed by atoms with E-state index in [0.717, 1.165) is 64.2 Å². The van der Waals surface area contributed by atoms with Gasteiger partial charge in [-0.25, -0.2) is 0 Å². The van der Waals surface area contributed by atoms with Crippen LogP contribution in [0.5, 0.6) is 0 Å². The number of ether oxygens (including phenoxy) is 1. The van der Waals surface area contributed by atoms with Crippen LogP contribution in [0, 0.1) is 0 Å². The number of aliphatic hydroxyl groups is 2. The Bertz CT molecular complexity index is 858. The molecule has 6 nitrogen and oxygen atoms in total. The standard InChI is InChI=1S/C48H91NO5/c1-4-7-10-13-16-19-21-22-23-24-25-26-29-32-35-38-41-48(53)54-44(39-36-33-30-28-20-17-14-11-8-5-2)42-47(52)49-45(43-50)46(51)40-37-34-31-27-18-15-12-9-6-3/h23-26,44-46,50-51H,4-22,27-43H2,1-3H3,(H,49,52)/b24-23+,26-25+. The van der Waals surface area contributed by atoms with Gasteiger partial charge in [0, 0.05) is 6.42 Å². The molecule has 0 fully saturated rings. The van der Waals surface area contributed by atoms with Crippen molar-refractivity contribution in [1.29, 1.82) is 0 Å². The van der Waals surface area contributed by atoms with E-state index in [1.54, 1.807) is 0 Å². The van der Waals surface area contributed by atoms with Crippen LogP contribution in [0.4, 0.5) is 0 Å². The minimum atomic E-state index is -0.785. The molecule has 54 heavy (non-hydrogen) atoms. The fraction of sp³-hybridized carbons (Fsp3) is 0.875. The van der Waals surface area contributed by atoms with Crippen LogP contribution < -0.4 is 5.32 Å². The molecule has 0 radical (unpaired) electrons. The number of aliphatic hydroxyl groups excluding tert-OH is 2.